The molecule has 0 spiro atoms. The van der Waals surface area contributed by atoms with Gasteiger partial charge in [-0.25, -0.2) is 0 Å². The predicted molar refractivity (Wildman–Crippen MR) is 71.2 cm³/mol. The average molecular weight is 265 g/mol. The molecule has 1 saturated heterocycles. The number of nitrogens with one attached hydrogen (secondary N) is 1. The van der Waals surface area contributed by atoms with Crippen LogP contribution in [0.4, 0.5) is 0 Å². The molecule has 1 aliphatic heterocycles. The second-order valence-corrected chi connectivity index (χ2v) is 4.75. The van der Waals surface area contributed by atoms with Gasteiger partial charge in [-0.1, -0.05) is 0 Å². The summed E-state index contributed by atoms with van der Waals surface area (Å²) in [6.07, 6.45) is 1.49. The first-order valence-corrected chi connectivity index (χ1v) is 6.43. The van der Waals surface area contributed by atoms with Crippen molar-refractivity contribution in [3.05, 3.63) is 33.7 Å². The van der Waals surface area contributed by atoms with Gasteiger partial charge in [0, 0.05) is 50.7 Å². The summed E-state index contributed by atoms with van der Waals surface area (Å²) in [5.74, 6) is -0.218. The first-order chi connectivity index (χ1) is 9.11. The Labute approximate surface area is 111 Å². The molecule has 0 bridgehead atoms. The summed E-state index contributed by atoms with van der Waals surface area (Å²) in [7, 11) is 0. The Kier molecular flexibility index (Phi) is 4.34. The molecule has 19 heavy (non-hydrogen) atoms. The Morgan fingerprint density at radius 3 is 2.63 bits per heavy atom. The molecular formula is C13H19N3O3. The highest BCUT2D eigenvalue weighted by molar-refractivity contribution is 5.93. The smallest absolute Gasteiger partial charge is 0.259 e. The number of aliphatic hydroxyl groups excluding tert-OH is 1. The summed E-state index contributed by atoms with van der Waals surface area (Å²) in [4.78, 5) is 30.7. The van der Waals surface area contributed by atoms with Crippen LogP contribution in [-0.4, -0.2) is 65.1 Å². The minimum atomic E-state index is -0.237. The normalized spacial score (nSPS) is 16.6. The van der Waals surface area contributed by atoms with Crippen LogP contribution in [0.1, 0.15) is 16.1 Å². The minimum absolute atomic E-state index is 0.131. The first-order valence-electron chi connectivity index (χ1n) is 6.43. The van der Waals surface area contributed by atoms with E-state index in [2.05, 4.69) is 9.88 Å². The van der Waals surface area contributed by atoms with E-state index in [1.807, 2.05) is 0 Å². The topological polar surface area (TPSA) is 76.6 Å². The third kappa shape index (κ3) is 3.21. The molecule has 1 aromatic rings. The van der Waals surface area contributed by atoms with Gasteiger partial charge in [0.1, 0.15) is 5.56 Å². The van der Waals surface area contributed by atoms with Crippen molar-refractivity contribution in [3.8, 4) is 0 Å². The van der Waals surface area contributed by atoms with Crippen molar-refractivity contribution in [1.29, 1.82) is 0 Å². The minimum Gasteiger partial charge on any atom is -0.395 e. The average Bonchev–Trinajstić information content (AvgIpc) is 2.39. The number of aromatic amines is 1. The lowest BCUT2D eigenvalue weighted by Crippen LogP contribution is -2.50. The lowest BCUT2D eigenvalue weighted by Gasteiger charge is -2.34. The van der Waals surface area contributed by atoms with Crippen LogP contribution in [0.25, 0.3) is 0 Å². The van der Waals surface area contributed by atoms with Gasteiger partial charge >= 0.3 is 0 Å². The van der Waals surface area contributed by atoms with Crippen molar-refractivity contribution in [2.45, 2.75) is 6.92 Å². The molecule has 0 radical (unpaired) electrons. The maximum atomic E-state index is 12.2. The number of nitrogens with zero attached hydrogens (tertiary/aromatic N) is 2. The van der Waals surface area contributed by atoms with Crippen molar-refractivity contribution >= 4 is 5.91 Å². The number of hydrogen-bond acceptors (Lipinski definition) is 4. The number of rotatable bonds is 3. The van der Waals surface area contributed by atoms with Crippen molar-refractivity contribution < 1.29 is 9.90 Å². The molecule has 1 aromatic heterocycles. The van der Waals surface area contributed by atoms with Crippen LogP contribution in [0.15, 0.2) is 17.1 Å². The Balaban J connectivity index is 2.03. The molecule has 2 rings (SSSR count). The van der Waals surface area contributed by atoms with Crippen molar-refractivity contribution in [2.24, 2.45) is 0 Å². The number of amides is 1. The molecule has 1 amide bonds. The van der Waals surface area contributed by atoms with E-state index in [-0.39, 0.29) is 23.5 Å². The summed E-state index contributed by atoms with van der Waals surface area (Å²) in [6, 6.07) is 1.44. The predicted octanol–water partition coefficient (Wildman–Crippen LogP) is -0.567. The summed E-state index contributed by atoms with van der Waals surface area (Å²) in [6.45, 7) is 5.19. The second-order valence-electron chi connectivity index (χ2n) is 4.75. The van der Waals surface area contributed by atoms with Crippen LogP contribution < -0.4 is 5.43 Å². The summed E-state index contributed by atoms with van der Waals surface area (Å²) < 4.78 is 0. The highest BCUT2D eigenvalue weighted by Crippen LogP contribution is 2.05. The van der Waals surface area contributed by atoms with Crippen LogP contribution in [0.5, 0.6) is 0 Å². The molecule has 0 unspecified atom stereocenters. The van der Waals surface area contributed by atoms with Crippen molar-refractivity contribution in [3.63, 3.8) is 0 Å². The van der Waals surface area contributed by atoms with Crippen LogP contribution in [-0.2, 0) is 0 Å². The number of aryl methyl sites for hydroxylation is 1. The van der Waals surface area contributed by atoms with Crippen LogP contribution >= 0.6 is 0 Å². The summed E-state index contributed by atoms with van der Waals surface area (Å²) in [5, 5.41) is 8.87. The molecule has 0 atom stereocenters. The number of β-amino-alcohol motifs (C(OH)–C–C–N with tert-alkyl or cyclic N) is 1. The monoisotopic (exact) mass is 265 g/mol. The molecule has 0 aliphatic carbocycles. The Bertz CT molecular complexity index is 504. The number of piperazine rings is 1. The zero-order chi connectivity index (χ0) is 13.8. The Morgan fingerprint density at radius 2 is 2.05 bits per heavy atom. The highest BCUT2D eigenvalue weighted by atomic mass is 16.3. The third-order valence-corrected chi connectivity index (χ3v) is 3.36. The lowest BCUT2D eigenvalue weighted by atomic mass is 10.2. The molecule has 0 saturated carbocycles. The molecule has 0 aromatic carbocycles. The fourth-order valence-electron chi connectivity index (χ4n) is 2.23. The molecule has 1 fully saturated rings. The number of carbonyl (C=O) groups is 1. The molecular weight excluding hydrogens is 246 g/mol. The zero-order valence-corrected chi connectivity index (χ0v) is 11.1. The quantitative estimate of drug-likeness (QED) is 0.767. The number of pyridine rings is 1. The van der Waals surface area contributed by atoms with Gasteiger partial charge < -0.3 is 15.0 Å². The number of aliphatic hydroxyl groups is 1. The first kappa shape index (κ1) is 13.8. The van der Waals surface area contributed by atoms with Gasteiger partial charge in [-0.15, -0.1) is 0 Å². The number of hydrogen-bond donors (Lipinski definition) is 2. The van der Waals surface area contributed by atoms with Gasteiger partial charge in [0.25, 0.3) is 5.91 Å². The SMILES string of the molecule is Cc1cc(=O)c(C(=O)N2CCN(CCO)CC2)c[nH]1. The number of carbonyl (C=O) groups excluding carboxylic acids is 1. The third-order valence-electron chi connectivity index (χ3n) is 3.36. The van der Waals surface area contributed by atoms with E-state index in [4.69, 9.17) is 5.11 Å². The van der Waals surface area contributed by atoms with Gasteiger partial charge in [0.15, 0.2) is 5.43 Å². The summed E-state index contributed by atoms with van der Waals surface area (Å²) in [5.41, 5.74) is 0.703. The van der Waals surface area contributed by atoms with Gasteiger partial charge in [0.05, 0.1) is 6.61 Å². The molecule has 6 heteroatoms. The molecule has 2 heterocycles. The van der Waals surface area contributed by atoms with E-state index >= 15 is 0 Å². The van der Waals surface area contributed by atoms with E-state index in [0.29, 0.717) is 19.6 Å². The second kappa shape index (κ2) is 5.99. The van der Waals surface area contributed by atoms with E-state index in [0.717, 1.165) is 18.8 Å². The van der Waals surface area contributed by atoms with E-state index in [1.54, 1.807) is 11.8 Å². The molecule has 104 valence electrons. The molecule has 1 aliphatic rings. The Hall–Kier alpha value is -1.66. The number of H-pyrrole nitrogens is 1. The maximum Gasteiger partial charge on any atom is 0.259 e. The van der Waals surface area contributed by atoms with E-state index < -0.39 is 0 Å². The molecule has 2 N–H and O–H groups in total. The standard InChI is InChI=1S/C13H19N3O3/c1-10-8-12(18)11(9-14-10)13(19)16-4-2-15(3-5-16)6-7-17/h8-9,17H,2-7H2,1H3,(H,14,18). The van der Waals surface area contributed by atoms with Crippen LogP contribution in [0.3, 0.4) is 0 Å². The van der Waals surface area contributed by atoms with E-state index in [9.17, 15) is 9.59 Å². The molecule has 6 nitrogen and oxygen atoms in total. The fourth-order valence-corrected chi connectivity index (χ4v) is 2.23. The zero-order valence-electron chi connectivity index (χ0n) is 11.1. The van der Waals surface area contributed by atoms with Crippen molar-refractivity contribution in [2.75, 3.05) is 39.3 Å². The highest BCUT2D eigenvalue weighted by Gasteiger charge is 2.23. The van der Waals surface area contributed by atoms with Gasteiger partial charge in [-0.3, -0.25) is 14.5 Å². The lowest BCUT2D eigenvalue weighted by molar-refractivity contribution is 0.0613. The van der Waals surface area contributed by atoms with Gasteiger partial charge in [-0.2, -0.15) is 0 Å². The van der Waals surface area contributed by atoms with Crippen LogP contribution in [0, 0.1) is 6.92 Å². The van der Waals surface area contributed by atoms with E-state index in [1.165, 1.54) is 12.3 Å². The summed E-state index contributed by atoms with van der Waals surface area (Å²) >= 11 is 0. The fraction of sp³-hybridized carbons (Fsp3) is 0.538. The maximum absolute atomic E-state index is 12.2. The van der Waals surface area contributed by atoms with Crippen molar-refractivity contribution in [1.82, 2.24) is 14.8 Å². The van der Waals surface area contributed by atoms with Crippen LogP contribution in [0.2, 0.25) is 0 Å². The number of aromatic nitrogens is 1. The largest absolute Gasteiger partial charge is 0.395 e. The van der Waals surface area contributed by atoms with Gasteiger partial charge in [-0.05, 0) is 6.92 Å². The Morgan fingerprint density at radius 1 is 1.37 bits per heavy atom. The van der Waals surface area contributed by atoms with Gasteiger partial charge in [0.2, 0.25) is 0 Å².